The third kappa shape index (κ3) is 7.28. The van der Waals surface area contributed by atoms with E-state index in [9.17, 15) is 9.59 Å². The van der Waals surface area contributed by atoms with E-state index in [1.165, 1.54) is 24.8 Å². The first kappa shape index (κ1) is 32.8. The summed E-state index contributed by atoms with van der Waals surface area (Å²) in [5, 5.41) is 1.14. The number of hydrogen-bond donors (Lipinski definition) is 1. The van der Waals surface area contributed by atoms with Crippen LogP contribution in [0.4, 0.5) is 0 Å². The monoisotopic (exact) mass is 614 g/mol. The quantitative estimate of drug-likeness (QED) is 0.279. The van der Waals surface area contributed by atoms with Gasteiger partial charge in [-0.15, -0.1) is 0 Å². The second-order valence-corrected chi connectivity index (χ2v) is 14.0. The number of benzene rings is 2. The Morgan fingerprint density at radius 2 is 1.78 bits per heavy atom. The summed E-state index contributed by atoms with van der Waals surface area (Å²) in [5.74, 6) is 0.787. The number of amides is 1. The minimum atomic E-state index is -0.601. The van der Waals surface area contributed by atoms with Crippen LogP contribution in [0.25, 0.3) is 28.2 Å². The minimum absolute atomic E-state index is 0.0184. The molecular weight excluding hydrogens is 564 g/mol. The van der Waals surface area contributed by atoms with Crippen molar-refractivity contribution in [2.75, 3.05) is 40.8 Å². The molecule has 242 valence electrons. The number of aromatic nitrogens is 1. The van der Waals surface area contributed by atoms with Crippen molar-refractivity contribution in [2.45, 2.75) is 83.9 Å². The van der Waals surface area contributed by atoms with Gasteiger partial charge in [0.15, 0.2) is 0 Å². The highest BCUT2D eigenvalue weighted by atomic mass is 16.6. The van der Waals surface area contributed by atoms with Gasteiger partial charge in [-0.2, -0.15) is 0 Å². The second-order valence-electron chi connectivity index (χ2n) is 14.0. The molecule has 1 aliphatic heterocycles. The van der Waals surface area contributed by atoms with E-state index in [1.54, 1.807) is 12.0 Å². The summed E-state index contributed by atoms with van der Waals surface area (Å²) in [7, 11) is 5.56. The normalized spacial score (nSPS) is 16.1. The molecule has 2 aromatic carbocycles. The molecule has 0 saturated heterocycles. The summed E-state index contributed by atoms with van der Waals surface area (Å²) in [5.41, 5.74) is 12.0. The van der Waals surface area contributed by atoms with Gasteiger partial charge in [0.1, 0.15) is 11.4 Å². The van der Waals surface area contributed by atoms with Gasteiger partial charge in [0.25, 0.3) is 5.91 Å². The number of likely N-dealkylation sites (N-methyl/N-ethyl adjacent to an activating group) is 2. The van der Waals surface area contributed by atoms with Gasteiger partial charge < -0.3 is 29.6 Å². The van der Waals surface area contributed by atoms with Gasteiger partial charge in [0, 0.05) is 54.8 Å². The van der Waals surface area contributed by atoms with Crippen molar-refractivity contribution >= 4 is 28.9 Å². The van der Waals surface area contributed by atoms with Crippen LogP contribution in [0.3, 0.4) is 0 Å². The molecule has 2 aliphatic rings. The van der Waals surface area contributed by atoms with Crippen LogP contribution in [0.2, 0.25) is 0 Å². The standard InChI is InChI=1S/C37H50N4O4/c1-24(38)22-39(5)17-18-40(6)35(42)28-19-27-20-29(44-7)14-16-30(27)34-33(25-11-9-8-10-12-25)31-15-13-26(21-32(31)41(34)23-28)36(43)45-37(2,3)4/h13-16,19-21,24-25H,8-12,17-18,22-23,38H2,1-7H3. The summed E-state index contributed by atoms with van der Waals surface area (Å²) in [6.07, 6.45) is 7.94. The first-order chi connectivity index (χ1) is 21.4. The molecule has 0 bridgehead atoms. The number of carbonyl (C=O) groups is 2. The van der Waals surface area contributed by atoms with Crippen molar-refractivity contribution in [2.24, 2.45) is 5.73 Å². The molecule has 8 heteroatoms. The predicted molar refractivity (Wildman–Crippen MR) is 182 cm³/mol. The third-order valence-electron chi connectivity index (χ3n) is 8.96. The Labute approximate surface area is 268 Å². The smallest absolute Gasteiger partial charge is 0.338 e. The van der Waals surface area contributed by atoms with E-state index in [0.717, 1.165) is 59.4 Å². The lowest BCUT2D eigenvalue weighted by Gasteiger charge is -2.24. The molecule has 8 nitrogen and oxygen atoms in total. The number of nitrogens with two attached hydrogens (primary N) is 1. The van der Waals surface area contributed by atoms with Crippen molar-refractivity contribution in [3.05, 3.63) is 58.7 Å². The van der Waals surface area contributed by atoms with Gasteiger partial charge in [-0.3, -0.25) is 4.79 Å². The van der Waals surface area contributed by atoms with E-state index < -0.39 is 5.60 Å². The summed E-state index contributed by atoms with van der Waals surface area (Å²) in [6.45, 7) is 10.1. The van der Waals surface area contributed by atoms with Crippen molar-refractivity contribution < 1.29 is 19.1 Å². The molecule has 45 heavy (non-hydrogen) atoms. The van der Waals surface area contributed by atoms with Crippen molar-refractivity contribution in [1.29, 1.82) is 0 Å². The molecule has 5 rings (SSSR count). The fourth-order valence-corrected chi connectivity index (χ4v) is 6.89. The molecule has 1 aromatic heterocycles. The van der Waals surface area contributed by atoms with Crippen molar-refractivity contribution in [3.8, 4) is 17.0 Å². The summed E-state index contributed by atoms with van der Waals surface area (Å²) in [6, 6.07) is 12.2. The molecule has 1 unspecified atom stereocenters. The molecule has 1 saturated carbocycles. The Morgan fingerprint density at radius 3 is 2.44 bits per heavy atom. The highest BCUT2D eigenvalue weighted by molar-refractivity contribution is 6.03. The van der Waals surface area contributed by atoms with E-state index in [1.807, 2.05) is 72.1 Å². The molecule has 2 heterocycles. The molecule has 2 N–H and O–H groups in total. The minimum Gasteiger partial charge on any atom is -0.497 e. The van der Waals surface area contributed by atoms with E-state index in [-0.39, 0.29) is 17.9 Å². The zero-order valence-corrected chi connectivity index (χ0v) is 28.1. The SMILES string of the molecule is COc1ccc2c(c1)C=C(C(=O)N(C)CCN(C)CC(C)N)Cn1c-2c(C2CCCCC2)c2ccc(C(=O)OC(C)(C)C)cc21. The Morgan fingerprint density at radius 1 is 1.04 bits per heavy atom. The lowest BCUT2D eigenvalue weighted by molar-refractivity contribution is -0.126. The maximum atomic E-state index is 14.1. The summed E-state index contributed by atoms with van der Waals surface area (Å²) in [4.78, 5) is 31.3. The van der Waals surface area contributed by atoms with Gasteiger partial charge in [-0.05, 0) is 101 Å². The molecule has 1 aliphatic carbocycles. The van der Waals surface area contributed by atoms with E-state index >= 15 is 0 Å². The van der Waals surface area contributed by atoms with Gasteiger partial charge in [0.05, 0.1) is 24.9 Å². The van der Waals surface area contributed by atoms with Crippen LogP contribution >= 0.6 is 0 Å². The van der Waals surface area contributed by atoms with Gasteiger partial charge in [-0.1, -0.05) is 25.3 Å². The number of rotatable bonds is 9. The van der Waals surface area contributed by atoms with Gasteiger partial charge >= 0.3 is 5.97 Å². The maximum absolute atomic E-state index is 14.1. The predicted octanol–water partition coefficient (Wildman–Crippen LogP) is 6.45. The Kier molecular flexibility index (Phi) is 9.75. The number of methoxy groups -OCH3 is 1. The average molecular weight is 615 g/mol. The number of esters is 1. The third-order valence-corrected chi connectivity index (χ3v) is 8.96. The topological polar surface area (TPSA) is 90.0 Å². The largest absolute Gasteiger partial charge is 0.497 e. The van der Waals surface area contributed by atoms with Crippen LogP contribution in [-0.2, 0) is 16.1 Å². The zero-order chi connectivity index (χ0) is 32.5. The molecule has 1 amide bonds. The van der Waals surface area contributed by atoms with E-state index in [4.69, 9.17) is 15.2 Å². The van der Waals surface area contributed by atoms with Crippen LogP contribution < -0.4 is 10.5 Å². The van der Waals surface area contributed by atoms with Crippen LogP contribution in [-0.4, -0.2) is 78.7 Å². The first-order valence-electron chi connectivity index (χ1n) is 16.3. The lowest BCUT2D eigenvalue weighted by atomic mass is 9.81. The fraction of sp³-hybridized carbons (Fsp3) is 0.514. The Hall–Kier alpha value is -3.62. The Balaban J connectivity index is 1.65. The molecule has 1 atom stereocenters. The number of fused-ring (bicyclic) bond motifs is 5. The number of hydrogen-bond acceptors (Lipinski definition) is 6. The van der Waals surface area contributed by atoms with Crippen LogP contribution in [0.1, 0.15) is 87.2 Å². The molecule has 0 radical (unpaired) electrons. The lowest BCUT2D eigenvalue weighted by Crippen LogP contribution is -2.39. The van der Waals surface area contributed by atoms with Gasteiger partial charge in [0.2, 0.25) is 0 Å². The average Bonchev–Trinajstić information content (AvgIpc) is 3.20. The van der Waals surface area contributed by atoms with Crippen LogP contribution in [0.5, 0.6) is 5.75 Å². The number of carbonyl (C=O) groups excluding carboxylic acids is 2. The highest BCUT2D eigenvalue weighted by Crippen LogP contribution is 2.47. The zero-order valence-electron chi connectivity index (χ0n) is 28.1. The van der Waals surface area contributed by atoms with Gasteiger partial charge in [-0.25, -0.2) is 4.79 Å². The fourth-order valence-electron chi connectivity index (χ4n) is 6.89. The maximum Gasteiger partial charge on any atom is 0.338 e. The highest BCUT2D eigenvalue weighted by Gasteiger charge is 2.31. The van der Waals surface area contributed by atoms with Crippen molar-refractivity contribution in [3.63, 3.8) is 0 Å². The number of nitrogens with zero attached hydrogens (tertiary/aromatic N) is 3. The number of ether oxygens (including phenoxy) is 2. The second kappa shape index (κ2) is 13.4. The molecule has 0 spiro atoms. The summed E-state index contributed by atoms with van der Waals surface area (Å²) >= 11 is 0. The molecule has 1 fully saturated rings. The van der Waals surface area contributed by atoms with Crippen LogP contribution in [0.15, 0.2) is 42.0 Å². The first-order valence-corrected chi connectivity index (χ1v) is 16.3. The van der Waals surface area contributed by atoms with Crippen molar-refractivity contribution in [1.82, 2.24) is 14.4 Å². The Bertz CT molecular complexity index is 1590. The summed E-state index contributed by atoms with van der Waals surface area (Å²) < 4.78 is 13.7. The molecular formula is C37H50N4O4. The van der Waals surface area contributed by atoms with E-state index in [2.05, 4.69) is 21.6 Å². The van der Waals surface area contributed by atoms with E-state index in [0.29, 0.717) is 30.1 Å². The van der Waals surface area contributed by atoms with Crippen LogP contribution in [0, 0.1) is 0 Å². The molecule has 3 aromatic rings.